The second-order valence-electron chi connectivity index (χ2n) is 1.42. The molecule has 0 bridgehead atoms. The quantitative estimate of drug-likeness (QED) is 0.329. The van der Waals surface area contributed by atoms with Crippen LogP contribution in [0.2, 0.25) is 13.1 Å². The van der Waals surface area contributed by atoms with E-state index in [-0.39, 0.29) is 0 Å². The molecule has 5 heteroatoms. The van der Waals surface area contributed by atoms with Crippen molar-refractivity contribution in [1.29, 1.82) is 0 Å². The first-order valence-corrected chi connectivity index (χ1v) is 7.88. The van der Waals surface area contributed by atoms with E-state index in [1.807, 2.05) is 0 Å². The van der Waals surface area contributed by atoms with Gasteiger partial charge in [-0.25, -0.2) is 0 Å². The van der Waals surface area contributed by atoms with Gasteiger partial charge in [-0.2, -0.15) is 11.1 Å². The molecule has 0 saturated heterocycles. The minimum absolute atomic E-state index is 0.667. The third kappa shape index (κ3) is 204. The van der Waals surface area contributed by atoms with Gasteiger partial charge in [-0.3, -0.25) is 0 Å². The Labute approximate surface area is 57.8 Å². The molecular formula is C2H13ClOSi3. The Kier molecular flexibility index (Phi) is 15.4. The Balaban J connectivity index is 0. The zero-order valence-corrected chi connectivity index (χ0v) is 11.3. The average molecular weight is 173 g/mol. The van der Waals surface area contributed by atoms with Crippen LogP contribution in [0.1, 0.15) is 0 Å². The summed E-state index contributed by atoms with van der Waals surface area (Å²) >= 11 is 5.41. The second-order valence-corrected chi connectivity index (χ2v) is 9.33. The first kappa shape index (κ1) is 10.8. The van der Waals surface area contributed by atoms with Crippen molar-refractivity contribution in [2.45, 2.75) is 13.1 Å². The zero-order valence-electron chi connectivity index (χ0n) is 5.36. The van der Waals surface area contributed by atoms with E-state index in [4.69, 9.17) is 11.1 Å². The van der Waals surface area contributed by atoms with Crippen molar-refractivity contribution in [3.8, 4) is 0 Å². The van der Waals surface area contributed by atoms with Crippen molar-refractivity contribution in [3.05, 3.63) is 0 Å². The SMILES string of the molecule is C[SiH](C)Cl.[SiH3]O[SiH3]. The molecular weight excluding hydrogens is 160 g/mol. The Morgan fingerprint density at radius 3 is 1.43 bits per heavy atom. The third-order valence-electron chi connectivity index (χ3n) is 0. The molecule has 0 spiro atoms. The summed E-state index contributed by atoms with van der Waals surface area (Å²) in [6.45, 7) is 4.14. The molecule has 0 saturated carbocycles. The molecule has 0 N–H and O–H groups in total. The van der Waals surface area contributed by atoms with Crippen molar-refractivity contribution in [2.75, 3.05) is 0 Å². The molecule has 0 amide bonds. The largest absolute Gasteiger partial charge is 0.471 e. The van der Waals surface area contributed by atoms with Crippen molar-refractivity contribution < 1.29 is 4.12 Å². The van der Waals surface area contributed by atoms with Crippen LogP contribution in [-0.2, 0) is 4.12 Å². The van der Waals surface area contributed by atoms with E-state index in [1.54, 1.807) is 0 Å². The lowest BCUT2D eigenvalue weighted by molar-refractivity contribution is 0.690. The van der Waals surface area contributed by atoms with Gasteiger partial charge >= 0.3 is 0 Å². The smallest absolute Gasteiger partial charge is 0.134 e. The third-order valence-corrected chi connectivity index (χ3v) is 0. The molecule has 0 aliphatic heterocycles. The molecule has 46 valence electrons. The lowest BCUT2D eigenvalue weighted by atomic mass is 11.9. The van der Waals surface area contributed by atoms with Crippen molar-refractivity contribution in [1.82, 2.24) is 0 Å². The molecule has 0 aliphatic rings. The van der Waals surface area contributed by atoms with Crippen LogP contribution >= 0.6 is 11.1 Å². The summed E-state index contributed by atoms with van der Waals surface area (Å²) in [5.74, 6) is 0. The minimum Gasteiger partial charge on any atom is -0.471 e. The highest BCUT2D eigenvalue weighted by atomic mass is 35.6. The van der Waals surface area contributed by atoms with Gasteiger partial charge in [0.2, 0.25) is 0 Å². The maximum atomic E-state index is 5.41. The lowest BCUT2D eigenvalue weighted by Gasteiger charge is -1.72. The Bertz CT molecular complexity index is 24.1. The van der Waals surface area contributed by atoms with Crippen LogP contribution in [0.4, 0.5) is 0 Å². The summed E-state index contributed by atoms with van der Waals surface area (Å²) in [7, 11) is 1.19. The number of halogens is 1. The van der Waals surface area contributed by atoms with Crippen molar-refractivity contribution in [3.63, 3.8) is 0 Å². The van der Waals surface area contributed by atoms with Crippen LogP contribution in [-0.4, -0.2) is 29.1 Å². The molecule has 0 aromatic rings. The van der Waals surface area contributed by atoms with Crippen molar-refractivity contribution >= 4 is 40.2 Å². The van der Waals surface area contributed by atoms with Crippen LogP contribution in [0.25, 0.3) is 0 Å². The summed E-state index contributed by atoms with van der Waals surface area (Å²) in [5, 5.41) is 0. The van der Waals surface area contributed by atoms with E-state index < -0.39 is 8.11 Å². The standard InChI is InChI=1S/C2H7ClSi.H6OSi2/c1-4(2)3;2-1-3/h4H,1-2H3;2-3H3. The van der Waals surface area contributed by atoms with Gasteiger partial charge in [0.1, 0.15) is 29.1 Å². The Morgan fingerprint density at radius 1 is 1.43 bits per heavy atom. The highest BCUT2D eigenvalue weighted by Crippen LogP contribution is 1.79. The van der Waals surface area contributed by atoms with Gasteiger partial charge in [0, 0.05) is 0 Å². The van der Waals surface area contributed by atoms with Crippen LogP contribution in [0.15, 0.2) is 0 Å². The highest BCUT2D eigenvalue weighted by molar-refractivity contribution is 7.05. The van der Waals surface area contributed by atoms with E-state index in [2.05, 4.69) is 17.2 Å². The van der Waals surface area contributed by atoms with Crippen LogP contribution < -0.4 is 0 Å². The zero-order chi connectivity index (χ0) is 6.28. The van der Waals surface area contributed by atoms with Gasteiger partial charge < -0.3 is 4.12 Å². The molecule has 0 heterocycles. The monoisotopic (exact) mass is 172 g/mol. The predicted molar refractivity (Wildman–Crippen MR) is 45.7 cm³/mol. The molecule has 0 radical (unpaired) electrons. The summed E-state index contributed by atoms with van der Waals surface area (Å²) in [5.41, 5.74) is 0. The molecule has 0 fully saturated rings. The molecule has 0 aromatic carbocycles. The van der Waals surface area contributed by atoms with Gasteiger partial charge in [0.15, 0.2) is 0 Å². The maximum absolute atomic E-state index is 5.41. The molecule has 0 atom stereocenters. The van der Waals surface area contributed by atoms with E-state index in [0.717, 1.165) is 21.0 Å². The molecule has 0 rings (SSSR count). The van der Waals surface area contributed by atoms with Gasteiger partial charge in [0.25, 0.3) is 0 Å². The van der Waals surface area contributed by atoms with E-state index in [9.17, 15) is 0 Å². The minimum atomic E-state index is -0.667. The van der Waals surface area contributed by atoms with Crippen LogP contribution in [0, 0.1) is 0 Å². The molecule has 7 heavy (non-hydrogen) atoms. The average Bonchev–Trinajstić information content (AvgIpc) is 1.33. The van der Waals surface area contributed by atoms with Gasteiger partial charge in [-0.05, 0) is 0 Å². The van der Waals surface area contributed by atoms with Gasteiger partial charge in [-0.1, -0.05) is 13.1 Å². The maximum Gasteiger partial charge on any atom is 0.134 e. The van der Waals surface area contributed by atoms with E-state index >= 15 is 0 Å². The van der Waals surface area contributed by atoms with Gasteiger partial charge in [-0.15, -0.1) is 0 Å². The first-order chi connectivity index (χ1) is 3.15. The molecule has 1 nitrogen and oxygen atoms in total. The normalized spacial score (nSPS) is 8.57. The van der Waals surface area contributed by atoms with E-state index in [1.165, 1.54) is 0 Å². The fourth-order valence-electron chi connectivity index (χ4n) is 0. The molecule has 0 aromatic heterocycles. The summed E-state index contributed by atoms with van der Waals surface area (Å²) < 4.78 is 4.53. The van der Waals surface area contributed by atoms with Crippen molar-refractivity contribution in [2.24, 2.45) is 0 Å². The second kappa shape index (κ2) is 10.0. The fraction of sp³-hybridized carbons (Fsp3) is 1.00. The fourth-order valence-corrected chi connectivity index (χ4v) is 0. The lowest BCUT2D eigenvalue weighted by Crippen LogP contribution is -1.78. The highest BCUT2D eigenvalue weighted by Gasteiger charge is 1.76. The summed E-state index contributed by atoms with van der Waals surface area (Å²) in [6.07, 6.45) is 0. The Morgan fingerprint density at radius 2 is 1.43 bits per heavy atom. The predicted octanol–water partition coefficient (Wildman–Crippen LogP) is -1.23. The van der Waals surface area contributed by atoms with Crippen LogP contribution in [0.5, 0.6) is 0 Å². The molecule has 0 unspecified atom stereocenters. The number of hydrogen-bond donors (Lipinski definition) is 0. The summed E-state index contributed by atoms with van der Waals surface area (Å²) in [6, 6.07) is 0. The first-order valence-electron chi connectivity index (χ1n) is 2.19. The molecule has 0 aliphatic carbocycles. The van der Waals surface area contributed by atoms with Crippen LogP contribution in [0.3, 0.4) is 0 Å². The topological polar surface area (TPSA) is 9.23 Å². The summed E-state index contributed by atoms with van der Waals surface area (Å²) in [4.78, 5) is 0. The number of rotatable bonds is 0. The van der Waals surface area contributed by atoms with Gasteiger partial charge in [0.05, 0.1) is 0 Å². The number of hydrogen-bond acceptors (Lipinski definition) is 1. The van der Waals surface area contributed by atoms with E-state index in [0.29, 0.717) is 0 Å². The Hall–Kier alpha value is 0.901.